The highest BCUT2D eigenvalue weighted by Gasteiger charge is 2.22. The summed E-state index contributed by atoms with van der Waals surface area (Å²) in [7, 11) is 0. The van der Waals surface area contributed by atoms with Gasteiger partial charge in [0.2, 0.25) is 17.9 Å². The Morgan fingerprint density at radius 1 is 1.19 bits per heavy atom. The van der Waals surface area contributed by atoms with E-state index in [4.69, 9.17) is 16.3 Å². The van der Waals surface area contributed by atoms with Crippen molar-refractivity contribution in [3.8, 4) is 0 Å². The van der Waals surface area contributed by atoms with Gasteiger partial charge in [0.25, 0.3) is 0 Å². The number of rotatable bonds is 8. The molecule has 1 aromatic heterocycles. The molecular formula is C18H17ClN4O4. The Morgan fingerprint density at radius 3 is 2.59 bits per heavy atom. The van der Waals surface area contributed by atoms with E-state index in [0.29, 0.717) is 0 Å². The van der Waals surface area contributed by atoms with Gasteiger partial charge in [-0.25, -0.2) is 4.79 Å². The van der Waals surface area contributed by atoms with Gasteiger partial charge in [0.15, 0.2) is 0 Å². The molecule has 0 saturated heterocycles. The van der Waals surface area contributed by atoms with Crippen molar-refractivity contribution in [3.63, 3.8) is 0 Å². The van der Waals surface area contributed by atoms with Gasteiger partial charge in [0, 0.05) is 6.20 Å². The minimum absolute atomic E-state index is 0.107. The zero-order chi connectivity index (χ0) is 19.6. The number of halogens is 1. The molecule has 0 radical (unpaired) electrons. The van der Waals surface area contributed by atoms with Crippen LogP contribution in [-0.2, 0) is 14.3 Å². The smallest absolute Gasteiger partial charge is 0.353 e. The Balaban J connectivity index is 2.30. The molecule has 2 rings (SSSR count). The maximum absolute atomic E-state index is 12.6. The topological polar surface area (TPSA) is 110 Å². The van der Waals surface area contributed by atoms with E-state index in [0.717, 1.165) is 0 Å². The lowest BCUT2D eigenvalue weighted by Crippen LogP contribution is -2.40. The van der Waals surface area contributed by atoms with Crippen molar-refractivity contribution in [3.05, 3.63) is 59.9 Å². The van der Waals surface area contributed by atoms with Gasteiger partial charge in [-0.2, -0.15) is 10.2 Å². The number of esters is 1. The quantitative estimate of drug-likeness (QED) is 0.323. The Hall–Kier alpha value is -3.13. The largest absolute Gasteiger partial charge is 0.463 e. The number of alkyl halides is 1. The van der Waals surface area contributed by atoms with Crippen LogP contribution in [0.5, 0.6) is 0 Å². The molecular weight excluding hydrogens is 372 g/mol. The Kier molecular flexibility index (Phi) is 7.57. The molecule has 1 heterocycles. The standard InChI is InChI=1S/C18H17ClN4O4/c1-2-27-18(26)17(21-15(24)11-19)23-22-13-8-4-3-7-12(13)16(25)14-9-5-6-10-20-14/h3-10,17H,2,11H2,1H3,(H,21,24). The van der Waals surface area contributed by atoms with E-state index in [1.165, 1.54) is 6.20 Å². The van der Waals surface area contributed by atoms with Crippen LogP contribution in [0.1, 0.15) is 23.0 Å². The monoisotopic (exact) mass is 388 g/mol. The summed E-state index contributed by atoms with van der Waals surface area (Å²) in [5, 5.41) is 10.1. The number of aromatic nitrogens is 1. The number of pyridine rings is 1. The lowest BCUT2D eigenvalue weighted by molar-refractivity contribution is -0.147. The summed E-state index contributed by atoms with van der Waals surface area (Å²) in [6, 6.07) is 11.5. The first kappa shape index (κ1) is 20.2. The molecule has 0 aliphatic rings. The second kappa shape index (κ2) is 10.1. The zero-order valence-corrected chi connectivity index (χ0v) is 15.2. The lowest BCUT2D eigenvalue weighted by Gasteiger charge is -2.11. The van der Waals surface area contributed by atoms with E-state index in [9.17, 15) is 14.4 Å². The van der Waals surface area contributed by atoms with Crippen molar-refractivity contribution in [2.75, 3.05) is 12.5 Å². The molecule has 0 saturated carbocycles. The van der Waals surface area contributed by atoms with Crippen LogP contribution in [0.4, 0.5) is 5.69 Å². The number of nitrogens with zero attached hydrogens (tertiary/aromatic N) is 3. The molecule has 27 heavy (non-hydrogen) atoms. The number of hydrogen-bond donors (Lipinski definition) is 1. The first-order valence-electron chi connectivity index (χ1n) is 8.04. The van der Waals surface area contributed by atoms with Gasteiger partial charge in [0.1, 0.15) is 11.6 Å². The summed E-state index contributed by atoms with van der Waals surface area (Å²) in [4.78, 5) is 40.1. The fraction of sp³-hybridized carbons (Fsp3) is 0.222. The van der Waals surface area contributed by atoms with Gasteiger partial charge in [-0.1, -0.05) is 18.2 Å². The molecule has 0 spiro atoms. The molecule has 1 aromatic carbocycles. The summed E-state index contributed by atoms with van der Waals surface area (Å²) in [5.74, 6) is -2.08. The number of azo groups is 1. The molecule has 1 unspecified atom stereocenters. The predicted molar refractivity (Wildman–Crippen MR) is 97.9 cm³/mol. The van der Waals surface area contributed by atoms with Gasteiger partial charge in [-0.3, -0.25) is 14.6 Å². The first-order chi connectivity index (χ1) is 13.1. The molecule has 140 valence electrons. The molecule has 8 nitrogen and oxygen atoms in total. The SMILES string of the molecule is CCOC(=O)C(N=Nc1ccccc1C(=O)c1ccccn1)NC(=O)CCl. The van der Waals surface area contributed by atoms with Crippen LogP contribution in [0, 0.1) is 0 Å². The number of amides is 1. The minimum atomic E-state index is -1.37. The normalized spacial score (nSPS) is 11.8. The molecule has 0 bridgehead atoms. The Labute approximate surface area is 160 Å². The highest BCUT2D eigenvalue weighted by Crippen LogP contribution is 2.22. The third-order valence-corrected chi connectivity index (χ3v) is 3.50. The van der Waals surface area contributed by atoms with Crippen molar-refractivity contribution in [2.24, 2.45) is 10.2 Å². The van der Waals surface area contributed by atoms with Crippen molar-refractivity contribution in [1.82, 2.24) is 10.3 Å². The van der Waals surface area contributed by atoms with E-state index in [1.807, 2.05) is 0 Å². The minimum Gasteiger partial charge on any atom is -0.463 e. The molecule has 2 aromatic rings. The highest BCUT2D eigenvalue weighted by molar-refractivity contribution is 6.27. The van der Waals surface area contributed by atoms with Crippen molar-refractivity contribution in [1.29, 1.82) is 0 Å². The maximum atomic E-state index is 12.6. The highest BCUT2D eigenvalue weighted by atomic mass is 35.5. The average Bonchev–Trinajstić information content (AvgIpc) is 2.71. The van der Waals surface area contributed by atoms with Crippen LogP contribution >= 0.6 is 11.6 Å². The number of carbonyl (C=O) groups excluding carboxylic acids is 3. The fourth-order valence-corrected chi connectivity index (χ4v) is 2.13. The summed E-state index contributed by atoms with van der Waals surface area (Å²) < 4.78 is 4.86. The first-order valence-corrected chi connectivity index (χ1v) is 8.57. The van der Waals surface area contributed by atoms with E-state index in [1.54, 1.807) is 49.4 Å². The van der Waals surface area contributed by atoms with Gasteiger partial charge in [-0.15, -0.1) is 11.6 Å². The predicted octanol–water partition coefficient (Wildman–Crippen LogP) is 2.64. The van der Waals surface area contributed by atoms with E-state index < -0.39 is 18.0 Å². The summed E-state index contributed by atoms with van der Waals surface area (Å²) in [6.07, 6.45) is 0.143. The van der Waals surface area contributed by atoms with Crippen molar-refractivity contribution < 1.29 is 19.1 Å². The second-order valence-electron chi connectivity index (χ2n) is 5.13. The van der Waals surface area contributed by atoms with E-state index in [2.05, 4.69) is 20.5 Å². The third-order valence-electron chi connectivity index (χ3n) is 3.26. The number of ether oxygens (including phenoxy) is 1. The van der Waals surface area contributed by atoms with Crippen molar-refractivity contribution in [2.45, 2.75) is 13.1 Å². The molecule has 1 atom stereocenters. The van der Waals surface area contributed by atoms with Crippen LogP contribution in [0.2, 0.25) is 0 Å². The molecule has 0 aliphatic carbocycles. The average molecular weight is 389 g/mol. The van der Waals surface area contributed by atoms with Crippen molar-refractivity contribution >= 4 is 34.9 Å². The van der Waals surface area contributed by atoms with E-state index in [-0.39, 0.29) is 35.2 Å². The van der Waals surface area contributed by atoms with Crippen LogP contribution in [0.25, 0.3) is 0 Å². The number of benzene rings is 1. The second-order valence-corrected chi connectivity index (χ2v) is 5.40. The van der Waals surface area contributed by atoms with Gasteiger partial charge in [0.05, 0.1) is 17.9 Å². The summed E-state index contributed by atoms with van der Waals surface area (Å²) in [5.41, 5.74) is 0.728. The van der Waals surface area contributed by atoms with Gasteiger partial charge >= 0.3 is 5.97 Å². The van der Waals surface area contributed by atoms with Crippen LogP contribution in [0.3, 0.4) is 0 Å². The summed E-state index contributed by atoms with van der Waals surface area (Å²) >= 11 is 5.44. The fourth-order valence-electron chi connectivity index (χ4n) is 2.06. The third kappa shape index (κ3) is 5.68. The molecule has 0 aliphatic heterocycles. The zero-order valence-electron chi connectivity index (χ0n) is 14.5. The molecule has 0 fully saturated rings. The molecule has 1 amide bonds. The summed E-state index contributed by atoms with van der Waals surface area (Å²) in [6.45, 7) is 1.73. The van der Waals surface area contributed by atoms with Crippen LogP contribution in [0.15, 0.2) is 58.9 Å². The van der Waals surface area contributed by atoms with E-state index >= 15 is 0 Å². The van der Waals surface area contributed by atoms with Gasteiger partial charge < -0.3 is 10.1 Å². The lowest BCUT2D eigenvalue weighted by atomic mass is 10.1. The molecule has 9 heteroatoms. The van der Waals surface area contributed by atoms with Crippen LogP contribution < -0.4 is 5.32 Å². The Morgan fingerprint density at radius 2 is 1.93 bits per heavy atom. The number of carbonyl (C=O) groups is 3. The Bertz CT molecular complexity index is 842. The number of ketones is 1. The van der Waals surface area contributed by atoms with Gasteiger partial charge in [-0.05, 0) is 31.2 Å². The number of nitrogens with one attached hydrogen (secondary N) is 1. The molecule has 1 N–H and O–H groups in total. The number of hydrogen-bond acceptors (Lipinski definition) is 7. The maximum Gasteiger partial charge on any atom is 0.353 e. The van der Waals surface area contributed by atoms with Crippen LogP contribution in [-0.4, -0.2) is 41.3 Å².